The third-order valence-corrected chi connectivity index (χ3v) is 5.94. The number of halogens is 4. The summed E-state index contributed by atoms with van der Waals surface area (Å²) in [5, 5.41) is 1.32. The summed E-state index contributed by atoms with van der Waals surface area (Å²) in [4.78, 5) is 0. The van der Waals surface area contributed by atoms with Crippen molar-refractivity contribution >= 4 is 31.9 Å². The Morgan fingerprint density at radius 1 is 0.952 bits per heavy atom. The fourth-order valence-electron chi connectivity index (χ4n) is 2.59. The van der Waals surface area contributed by atoms with Gasteiger partial charge >= 0.3 is 0 Å². The largest absolute Gasteiger partial charge is 0.204 e. The zero-order valence-corrected chi connectivity index (χ0v) is 14.8. The maximum Gasteiger partial charge on any atom is 0.162 e. The summed E-state index contributed by atoms with van der Waals surface area (Å²) in [5.41, 5.74) is 2.37. The van der Waals surface area contributed by atoms with Crippen molar-refractivity contribution in [2.75, 3.05) is 10.7 Å². The SMILES string of the molecule is Cc1ccccc1C(CBr)(CBr)Cc1cccc(F)c1F. The lowest BCUT2D eigenvalue weighted by Gasteiger charge is -2.32. The highest BCUT2D eigenvalue weighted by Gasteiger charge is 2.33. The molecule has 0 aliphatic carbocycles. The van der Waals surface area contributed by atoms with E-state index in [4.69, 9.17) is 0 Å². The Balaban J connectivity index is 2.49. The first-order valence-corrected chi connectivity index (χ1v) is 8.89. The lowest BCUT2D eigenvalue weighted by atomic mass is 9.77. The summed E-state index contributed by atoms with van der Waals surface area (Å²) in [6.07, 6.45) is 0.429. The Kier molecular flexibility index (Phi) is 5.55. The zero-order chi connectivity index (χ0) is 15.5. The van der Waals surface area contributed by atoms with E-state index in [9.17, 15) is 8.78 Å². The average Bonchev–Trinajstić information content (AvgIpc) is 2.50. The lowest BCUT2D eigenvalue weighted by Crippen LogP contribution is -2.34. The Hall–Kier alpha value is -0.740. The van der Waals surface area contributed by atoms with Crippen LogP contribution in [-0.2, 0) is 11.8 Å². The van der Waals surface area contributed by atoms with Crippen LogP contribution in [0.5, 0.6) is 0 Å². The van der Waals surface area contributed by atoms with Gasteiger partial charge in [0.1, 0.15) is 0 Å². The smallest absolute Gasteiger partial charge is 0.162 e. The summed E-state index contributed by atoms with van der Waals surface area (Å²) >= 11 is 7.12. The van der Waals surface area contributed by atoms with Crippen LogP contribution < -0.4 is 0 Å². The van der Waals surface area contributed by atoms with E-state index in [1.54, 1.807) is 12.1 Å². The van der Waals surface area contributed by atoms with Gasteiger partial charge in [-0.25, -0.2) is 8.78 Å². The first-order chi connectivity index (χ1) is 10.0. The standard InChI is InChI=1S/C17H16Br2F2/c1-12-5-2-3-7-14(12)17(10-18,11-19)9-13-6-4-8-15(20)16(13)21/h2-8H,9-11H2,1H3. The van der Waals surface area contributed by atoms with E-state index in [2.05, 4.69) is 37.9 Å². The minimum absolute atomic E-state index is 0.319. The second-order valence-electron chi connectivity index (χ2n) is 5.25. The number of benzene rings is 2. The second kappa shape index (κ2) is 7.01. The molecule has 0 N–H and O–H groups in total. The molecule has 0 heterocycles. The first-order valence-electron chi connectivity index (χ1n) is 6.65. The van der Waals surface area contributed by atoms with E-state index in [0.717, 1.165) is 17.2 Å². The van der Waals surface area contributed by atoms with E-state index < -0.39 is 11.6 Å². The van der Waals surface area contributed by atoms with E-state index >= 15 is 0 Å². The van der Waals surface area contributed by atoms with E-state index in [0.29, 0.717) is 22.6 Å². The quantitative estimate of drug-likeness (QED) is 0.560. The van der Waals surface area contributed by atoms with Gasteiger partial charge in [0.2, 0.25) is 0 Å². The van der Waals surface area contributed by atoms with E-state index in [1.807, 2.05) is 25.1 Å². The van der Waals surface area contributed by atoms with Crippen LogP contribution in [0.4, 0.5) is 8.78 Å². The molecule has 0 aliphatic heterocycles. The highest BCUT2D eigenvalue weighted by atomic mass is 79.9. The van der Waals surface area contributed by atoms with Crippen LogP contribution in [0.15, 0.2) is 42.5 Å². The third-order valence-electron chi connectivity index (χ3n) is 3.79. The summed E-state index contributed by atoms with van der Waals surface area (Å²) in [7, 11) is 0. The minimum Gasteiger partial charge on any atom is -0.204 e. The molecule has 0 aromatic heterocycles. The summed E-state index contributed by atoms with van der Waals surface area (Å²) in [5.74, 6) is -1.55. The van der Waals surface area contributed by atoms with Gasteiger partial charge in [0.25, 0.3) is 0 Å². The molecule has 112 valence electrons. The molecule has 0 bridgehead atoms. The van der Waals surface area contributed by atoms with Gasteiger partial charge in [-0.2, -0.15) is 0 Å². The normalized spacial score (nSPS) is 11.7. The molecule has 0 radical (unpaired) electrons. The minimum atomic E-state index is -0.796. The molecule has 4 heteroatoms. The van der Waals surface area contributed by atoms with Crippen LogP contribution in [0.2, 0.25) is 0 Å². The fourth-order valence-corrected chi connectivity index (χ4v) is 4.52. The molecule has 0 unspecified atom stereocenters. The van der Waals surface area contributed by atoms with Gasteiger partial charge in [-0.3, -0.25) is 0 Å². The maximum atomic E-state index is 14.0. The van der Waals surface area contributed by atoms with Crippen molar-refractivity contribution in [1.82, 2.24) is 0 Å². The number of aryl methyl sites for hydroxylation is 1. The fraction of sp³-hybridized carbons (Fsp3) is 0.294. The molecule has 2 aromatic rings. The Morgan fingerprint density at radius 3 is 2.24 bits per heavy atom. The summed E-state index contributed by atoms with van der Waals surface area (Å²) in [6, 6.07) is 12.4. The highest BCUT2D eigenvalue weighted by Crippen LogP contribution is 2.35. The molecule has 2 aromatic carbocycles. The number of alkyl halides is 2. The van der Waals surface area contributed by atoms with Gasteiger partial charge in [-0.15, -0.1) is 0 Å². The van der Waals surface area contributed by atoms with Gasteiger partial charge in [0.15, 0.2) is 11.6 Å². The molecule has 0 aliphatic rings. The first kappa shape index (κ1) is 16.6. The Morgan fingerprint density at radius 2 is 1.62 bits per heavy atom. The maximum absolute atomic E-state index is 14.0. The van der Waals surface area contributed by atoms with Crippen LogP contribution in [0.1, 0.15) is 16.7 Å². The Labute approximate surface area is 140 Å². The van der Waals surface area contributed by atoms with Crippen molar-refractivity contribution in [3.05, 3.63) is 70.8 Å². The molecule has 21 heavy (non-hydrogen) atoms. The molecular weight excluding hydrogens is 402 g/mol. The molecule has 0 atom stereocenters. The van der Waals surface area contributed by atoms with Crippen LogP contribution in [0, 0.1) is 18.6 Å². The molecule has 0 spiro atoms. The van der Waals surface area contributed by atoms with Crippen molar-refractivity contribution in [1.29, 1.82) is 0 Å². The third kappa shape index (κ3) is 3.37. The van der Waals surface area contributed by atoms with Crippen LogP contribution in [0.3, 0.4) is 0 Å². The zero-order valence-electron chi connectivity index (χ0n) is 11.7. The number of rotatable bonds is 5. The van der Waals surface area contributed by atoms with Crippen LogP contribution >= 0.6 is 31.9 Å². The van der Waals surface area contributed by atoms with Crippen molar-refractivity contribution in [3.8, 4) is 0 Å². The van der Waals surface area contributed by atoms with Gasteiger partial charge in [-0.1, -0.05) is 68.3 Å². The van der Waals surface area contributed by atoms with Crippen molar-refractivity contribution < 1.29 is 8.78 Å². The summed E-state index contributed by atoms with van der Waals surface area (Å²) in [6.45, 7) is 2.04. The van der Waals surface area contributed by atoms with Crippen molar-refractivity contribution in [2.45, 2.75) is 18.8 Å². The molecule has 0 nitrogen and oxygen atoms in total. The van der Waals surface area contributed by atoms with Crippen LogP contribution in [0.25, 0.3) is 0 Å². The molecular formula is C17H16Br2F2. The molecule has 0 fully saturated rings. The monoisotopic (exact) mass is 416 g/mol. The van der Waals surface area contributed by atoms with Crippen LogP contribution in [-0.4, -0.2) is 10.7 Å². The molecule has 0 saturated carbocycles. The predicted molar refractivity (Wildman–Crippen MR) is 90.5 cm³/mol. The number of hydrogen-bond acceptors (Lipinski definition) is 0. The van der Waals surface area contributed by atoms with Gasteiger partial charge in [0.05, 0.1) is 0 Å². The van der Waals surface area contributed by atoms with Gasteiger partial charge in [-0.05, 0) is 36.1 Å². The second-order valence-corrected chi connectivity index (χ2v) is 6.37. The predicted octanol–water partition coefficient (Wildman–Crippen LogP) is 5.54. The van der Waals surface area contributed by atoms with Crippen molar-refractivity contribution in [2.24, 2.45) is 0 Å². The average molecular weight is 418 g/mol. The number of hydrogen-bond donors (Lipinski definition) is 0. The topological polar surface area (TPSA) is 0 Å². The highest BCUT2D eigenvalue weighted by molar-refractivity contribution is 9.09. The van der Waals surface area contributed by atoms with E-state index in [1.165, 1.54) is 0 Å². The van der Waals surface area contributed by atoms with Gasteiger partial charge < -0.3 is 0 Å². The molecule has 2 rings (SSSR count). The van der Waals surface area contributed by atoms with Gasteiger partial charge in [0, 0.05) is 16.1 Å². The summed E-state index contributed by atoms with van der Waals surface area (Å²) < 4.78 is 27.5. The molecule has 0 saturated heterocycles. The Bertz CT molecular complexity index is 622. The lowest BCUT2D eigenvalue weighted by molar-refractivity contribution is 0.475. The molecule has 0 amide bonds. The van der Waals surface area contributed by atoms with Crippen molar-refractivity contribution in [3.63, 3.8) is 0 Å². The van der Waals surface area contributed by atoms with E-state index in [-0.39, 0.29) is 5.41 Å².